The third-order valence-electron chi connectivity index (χ3n) is 3.61. The predicted molar refractivity (Wildman–Crippen MR) is 97.4 cm³/mol. The fraction of sp³-hybridized carbons (Fsp3) is 0. The molecular formula is C18H12ClN5O. The molecule has 0 aliphatic heterocycles. The molecule has 0 bridgehead atoms. The lowest BCUT2D eigenvalue weighted by Gasteiger charge is -2.01. The number of aromatic amines is 1. The van der Waals surface area contributed by atoms with Crippen LogP contribution < -0.4 is 5.56 Å². The van der Waals surface area contributed by atoms with E-state index in [0.717, 1.165) is 5.69 Å². The van der Waals surface area contributed by atoms with Crippen molar-refractivity contribution in [3.8, 4) is 5.69 Å². The number of H-pyrrole nitrogens is 1. The number of rotatable bonds is 3. The first-order valence-electron chi connectivity index (χ1n) is 7.55. The second kappa shape index (κ2) is 6.33. The van der Waals surface area contributed by atoms with E-state index in [4.69, 9.17) is 11.6 Å². The summed E-state index contributed by atoms with van der Waals surface area (Å²) < 4.78 is 0. The first-order valence-corrected chi connectivity index (χ1v) is 7.93. The van der Waals surface area contributed by atoms with Gasteiger partial charge in [0.05, 0.1) is 27.8 Å². The third-order valence-corrected chi connectivity index (χ3v) is 3.90. The maximum Gasteiger partial charge on any atom is 0.259 e. The predicted octanol–water partition coefficient (Wildman–Crippen LogP) is 3.24. The van der Waals surface area contributed by atoms with E-state index in [1.807, 2.05) is 36.4 Å². The molecule has 25 heavy (non-hydrogen) atoms. The fourth-order valence-electron chi connectivity index (χ4n) is 2.42. The number of para-hydroxylation sites is 2. The lowest BCUT2D eigenvalue weighted by molar-refractivity contribution is 0.750. The normalized spacial score (nSPS) is 11.8. The highest BCUT2D eigenvalue weighted by molar-refractivity contribution is 6.50. The number of nitrogens with one attached hydrogen (secondary N) is 1. The van der Waals surface area contributed by atoms with Crippen molar-refractivity contribution in [3.63, 3.8) is 0 Å². The summed E-state index contributed by atoms with van der Waals surface area (Å²) >= 11 is 6.32. The van der Waals surface area contributed by atoms with Crippen molar-refractivity contribution in [1.29, 1.82) is 0 Å². The Balaban J connectivity index is 1.70. The van der Waals surface area contributed by atoms with E-state index in [0.29, 0.717) is 22.4 Å². The summed E-state index contributed by atoms with van der Waals surface area (Å²) in [6, 6.07) is 16.6. The number of fused-ring (bicyclic) bond motifs is 1. The highest BCUT2D eigenvalue weighted by Crippen LogP contribution is 2.19. The quantitative estimate of drug-likeness (QED) is 0.616. The molecule has 0 aliphatic rings. The molecule has 0 spiro atoms. The van der Waals surface area contributed by atoms with Crippen LogP contribution >= 0.6 is 11.6 Å². The van der Waals surface area contributed by atoms with E-state index in [1.54, 1.807) is 30.5 Å². The zero-order chi connectivity index (χ0) is 17.2. The lowest BCUT2D eigenvalue weighted by atomic mass is 10.2. The number of benzene rings is 2. The SMILES string of the molecule is O=c1[nH]c(C(Cl)=Cc2cnn(-c3ccccc3)n2)nc2ccccc12. The van der Waals surface area contributed by atoms with Gasteiger partial charge in [0.2, 0.25) is 0 Å². The summed E-state index contributed by atoms with van der Waals surface area (Å²) in [6.45, 7) is 0. The van der Waals surface area contributed by atoms with Gasteiger partial charge in [-0.1, -0.05) is 41.9 Å². The topological polar surface area (TPSA) is 76.5 Å². The Labute approximate surface area is 147 Å². The zero-order valence-electron chi connectivity index (χ0n) is 12.9. The summed E-state index contributed by atoms with van der Waals surface area (Å²) in [6.07, 6.45) is 3.20. The molecule has 2 heterocycles. The average Bonchev–Trinajstić information content (AvgIpc) is 3.11. The number of hydrogen-bond donors (Lipinski definition) is 1. The number of halogens is 1. The highest BCUT2D eigenvalue weighted by Gasteiger charge is 2.08. The molecule has 6 nitrogen and oxygen atoms in total. The molecule has 0 fully saturated rings. The second-order valence-electron chi connectivity index (χ2n) is 5.32. The number of nitrogens with zero attached hydrogens (tertiary/aromatic N) is 4. The minimum atomic E-state index is -0.236. The van der Waals surface area contributed by atoms with Gasteiger partial charge in [-0.2, -0.15) is 9.90 Å². The molecule has 7 heteroatoms. The monoisotopic (exact) mass is 349 g/mol. The van der Waals surface area contributed by atoms with Crippen LogP contribution in [0.15, 0.2) is 65.6 Å². The smallest absolute Gasteiger partial charge is 0.259 e. The van der Waals surface area contributed by atoms with Crippen molar-refractivity contribution in [2.24, 2.45) is 0 Å². The Kier molecular flexibility index (Phi) is 3.87. The summed E-state index contributed by atoms with van der Waals surface area (Å²) in [5, 5.41) is 9.37. The van der Waals surface area contributed by atoms with Crippen LogP contribution in [-0.4, -0.2) is 25.0 Å². The molecule has 4 rings (SSSR count). The van der Waals surface area contributed by atoms with Gasteiger partial charge < -0.3 is 4.98 Å². The van der Waals surface area contributed by atoms with E-state index >= 15 is 0 Å². The Morgan fingerprint density at radius 1 is 1.08 bits per heavy atom. The summed E-state index contributed by atoms with van der Waals surface area (Å²) in [4.78, 5) is 20.7. The molecule has 0 saturated heterocycles. The Hall–Kier alpha value is -3.25. The molecule has 4 aromatic rings. The van der Waals surface area contributed by atoms with Crippen molar-refractivity contribution in [2.75, 3.05) is 0 Å². The molecule has 1 N–H and O–H groups in total. The van der Waals surface area contributed by atoms with E-state index < -0.39 is 0 Å². The van der Waals surface area contributed by atoms with E-state index in [-0.39, 0.29) is 10.6 Å². The van der Waals surface area contributed by atoms with E-state index in [2.05, 4.69) is 20.2 Å². The molecule has 0 radical (unpaired) electrons. The van der Waals surface area contributed by atoms with E-state index in [9.17, 15) is 4.79 Å². The van der Waals surface area contributed by atoms with Gasteiger partial charge in [-0.25, -0.2) is 4.98 Å². The second-order valence-corrected chi connectivity index (χ2v) is 5.73. The number of hydrogen-bond acceptors (Lipinski definition) is 4. The minimum Gasteiger partial charge on any atom is -0.305 e. The molecular weight excluding hydrogens is 338 g/mol. The maximum atomic E-state index is 12.1. The molecule has 2 aromatic carbocycles. The van der Waals surface area contributed by atoms with Crippen LogP contribution in [0.3, 0.4) is 0 Å². The van der Waals surface area contributed by atoms with Gasteiger partial charge in [0, 0.05) is 0 Å². The van der Waals surface area contributed by atoms with Gasteiger partial charge in [0.1, 0.15) is 5.69 Å². The zero-order valence-corrected chi connectivity index (χ0v) is 13.7. The van der Waals surface area contributed by atoms with Crippen molar-refractivity contribution in [1.82, 2.24) is 25.0 Å². The molecule has 0 aliphatic carbocycles. The Morgan fingerprint density at radius 3 is 2.68 bits per heavy atom. The lowest BCUT2D eigenvalue weighted by Crippen LogP contribution is -2.10. The third kappa shape index (κ3) is 3.07. The van der Waals surface area contributed by atoms with Crippen LogP contribution in [-0.2, 0) is 0 Å². The molecule has 0 saturated carbocycles. The molecule has 0 unspecified atom stereocenters. The molecule has 122 valence electrons. The van der Waals surface area contributed by atoms with Crippen molar-refractivity contribution in [2.45, 2.75) is 0 Å². The van der Waals surface area contributed by atoms with Gasteiger partial charge in [0.25, 0.3) is 5.56 Å². The van der Waals surface area contributed by atoms with Crippen LogP contribution in [0.5, 0.6) is 0 Å². The summed E-state index contributed by atoms with van der Waals surface area (Å²) in [5.74, 6) is 0.291. The summed E-state index contributed by atoms with van der Waals surface area (Å²) in [7, 11) is 0. The summed E-state index contributed by atoms with van der Waals surface area (Å²) in [5.41, 5.74) is 1.75. The van der Waals surface area contributed by atoms with Crippen LogP contribution in [0.1, 0.15) is 11.5 Å². The van der Waals surface area contributed by atoms with Crippen LogP contribution in [0.25, 0.3) is 27.7 Å². The van der Waals surface area contributed by atoms with Crippen molar-refractivity contribution in [3.05, 3.63) is 82.7 Å². The highest BCUT2D eigenvalue weighted by atomic mass is 35.5. The van der Waals surface area contributed by atoms with Crippen LogP contribution in [0, 0.1) is 0 Å². The van der Waals surface area contributed by atoms with Gasteiger partial charge in [-0.15, -0.1) is 5.10 Å². The standard InChI is InChI=1S/C18H12ClN5O/c19-15(17-21-16-9-5-4-8-14(16)18(25)22-17)10-12-11-20-24(23-12)13-6-2-1-3-7-13/h1-11H,(H,21,22,25). The Morgan fingerprint density at radius 2 is 1.84 bits per heavy atom. The average molecular weight is 350 g/mol. The van der Waals surface area contributed by atoms with Crippen LogP contribution in [0.2, 0.25) is 0 Å². The van der Waals surface area contributed by atoms with Crippen molar-refractivity contribution >= 4 is 33.6 Å². The maximum absolute atomic E-state index is 12.1. The minimum absolute atomic E-state index is 0.236. The molecule has 2 aromatic heterocycles. The first-order chi connectivity index (χ1) is 12.2. The van der Waals surface area contributed by atoms with Crippen LogP contribution in [0.4, 0.5) is 0 Å². The molecule has 0 amide bonds. The van der Waals surface area contributed by atoms with E-state index in [1.165, 1.54) is 4.80 Å². The van der Waals surface area contributed by atoms with Gasteiger partial charge in [0.15, 0.2) is 5.82 Å². The first kappa shape index (κ1) is 15.3. The largest absolute Gasteiger partial charge is 0.305 e. The molecule has 0 atom stereocenters. The Bertz CT molecular complexity index is 1130. The number of aromatic nitrogens is 5. The van der Waals surface area contributed by atoms with Gasteiger partial charge in [-0.3, -0.25) is 4.79 Å². The van der Waals surface area contributed by atoms with Crippen molar-refractivity contribution < 1.29 is 0 Å². The van der Waals surface area contributed by atoms with Gasteiger partial charge in [-0.05, 0) is 30.3 Å². The van der Waals surface area contributed by atoms with Gasteiger partial charge >= 0.3 is 0 Å². The fourth-order valence-corrected chi connectivity index (χ4v) is 2.63.